The minimum atomic E-state index is -0.309. The monoisotopic (exact) mass is 210 g/mol. The number of oxime groups is 2. The van der Waals surface area contributed by atoms with Gasteiger partial charge < -0.3 is 9.68 Å². The number of hydrogen-bond donors (Lipinski definition) is 0. The SMILES string of the molecule is C#CC(C)(C)CO/N=C(C)/C(C)=N/OC. The second-order valence-corrected chi connectivity index (χ2v) is 3.84. The minimum absolute atomic E-state index is 0.309. The maximum atomic E-state index is 5.31. The zero-order valence-electron chi connectivity index (χ0n) is 10.00. The number of nitrogens with zero attached hydrogens (tertiary/aromatic N) is 2. The summed E-state index contributed by atoms with van der Waals surface area (Å²) in [4.78, 5) is 9.74. The Morgan fingerprint density at radius 2 is 1.80 bits per heavy atom. The van der Waals surface area contributed by atoms with Gasteiger partial charge in [-0.3, -0.25) is 0 Å². The zero-order valence-corrected chi connectivity index (χ0v) is 10.00. The van der Waals surface area contributed by atoms with Crippen LogP contribution in [0.1, 0.15) is 27.7 Å². The molecule has 0 atom stereocenters. The van der Waals surface area contributed by atoms with E-state index in [-0.39, 0.29) is 5.41 Å². The first-order valence-electron chi connectivity index (χ1n) is 4.65. The summed E-state index contributed by atoms with van der Waals surface area (Å²) in [6.07, 6.45) is 5.31. The van der Waals surface area contributed by atoms with Crippen LogP contribution in [0.3, 0.4) is 0 Å². The van der Waals surface area contributed by atoms with E-state index < -0.39 is 0 Å². The Kier molecular flexibility index (Phi) is 5.46. The second-order valence-electron chi connectivity index (χ2n) is 3.84. The number of rotatable bonds is 5. The van der Waals surface area contributed by atoms with Crippen LogP contribution in [0, 0.1) is 17.8 Å². The molecule has 0 aliphatic rings. The summed E-state index contributed by atoms with van der Waals surface area (Å²) >= 11 is 0. The molecular formula is C11H18N2O2. The molecule has 0 rings (SSSR count). The van der Waals surface area contributed by atoms with Gasteiger partial charge in [-0.05, 0) is 27.7 Å². The van der Waals surface area contributed by atoms with Crippen molar-refractivity contribution in [1.29, 1.82) is 0 Å². The van der Waals surface area contributed by atoms with Crippen LogP contribution in [0.4, 0.5) is 0 Å². The van der Waals surface area contributed by atoms with Gasteiger partial charge in [0, 0.05) is 0 Å². The molecule has 15 heavy (non-hydrogen) atoms. The second kappa shape index (κ2) is 6.07. The van der Waals surface area contributed by atoms with E-state index in [1.807, 2.05) is 13.8 Å². The third-order valence-corrected chi connectivity index (χ3v) is 1.77. The highest BCUT2D eigenvalue weighted by Gasteiger charge is 2.14. The van der Waals surface area contributed by atoms with Crippen molar-refractivity contribution in [2.75, 3.05) is 13.7 Å². The van der Waals surface area contributed by atoms with Crippen molar-refractivity contribution in [3.05, 3.63) is 0 Å². The predicted octanol–water partition coefficient (Wildman–Crippen LogP) is 2.06. The third-order valence-electron chi connectivity index (χ3n) is 1.77. The summed E-state index contributed by atoms with van der Waals surface area (Å²) in [6.45, 7) is 7.78. The maximum absolute atomic E-state index is 5.31. The van der Waals surface area contributed by atoms with Crippen molar-refractivity contribution < 1.29 is 9.68 Å². The Hall–Kier alpha value is -1.50. The van der Waals surface area contributed by atoms with Gasteiger partial charge in [-0.25, -0.2) is 0 Å². The van der Waals surface area contributed by atoms with Crippen LogP contribution in [0.25, 0.3) is 0 Å². The highest BCUT2D eigenvalue weighted by Crippen LogP contribution is 2.12. The van der Waals surface area contributed by atoms with Crippen LogP contribution >= 0.6 is 0 Å². The van der Waals surface area contributed by atoms with Crippen molar-refractivity contribution in [2.24, 2.45) is 15.7 Å². The highest BCUT2D eigenvalue weighted by molar-refractivity contribution is 6.40. The lowest BCUT2D eigenvalue weighted by Gasteiger charge is -2.14. The van der Waals surface area contributed by atoms with Crippen molar-refractivity contribution in [1.82, 2.24) is 0 Å². The lowest BCUT2D eigenvalue weighted by molar-refractivity contribution is 0.0945. The quantitative estimate of drug-likeness (QED) is 0.396. The largest absolute Gasteiger partial charge is 0.399 e. The Bertz CT molecular complexity index is 298. The summed E-state index contributed by atoms with van der Waals surface area (Å²) in [5, 5.41) is 7.61. The fourth-order valence-corrected chi connectivity index (χ4v) is 0.601. The van der Waals surface area contributed by atoms with Crippen molar-refractivity contribution in [3.63, 3.8) is 0 Å². The average molecular weight is 210 g/mol. The highest BCUT2D eigenvalue weighted by atomic mass is 16.6. The molecule has 4 nitrogen and oxygen atoms in total. The molecule has 0 radical (unpaired) electrons. The van der Waals surface area contributed by atoms with E-state index in [2.05, 4.69) is 21.1 Å². The molecule has 0 unspecified atom stereocenters. The van der Waals surface area contributed by atoms with Crippen LogP contribution in [0.5, 0.6) is 0 Å². The molecule has 0 aromatic heterocycles. The predicted molar refractivity (Wildman–Crippen MR) is 61.8 cm³/mol. The number of hydrogen-bond acceptors (Lipinski definition) is 4. The van der Waals surface area contributed by atoms with E-state index in [4.69, 9.17) is 11.3 Å². The van der Waals surface area contributed by atoms with E-state index in [0.717, 1.165) is 0 Å². The Labute approximate surface area is 91.3 Å². The molecule has 0 saturated heterocycles. The van der Waals surface area contributed by atoms with Crippen LogP contribution in [0.15, 0.2) is 10.3 Å². The molecule has 0 bridgehead atoms. The lowest BCUT2D eigenvalue weighted by Crippen LogP contribution is -2.16. The minimum Gasteiger partial charge on any atom is -0.399 e. The number of terminal acetylenes is 1. The van der Waals surface area contributed by atoms with Crippen molar-refractivity contribution >= 4 is 11.4 Å². The van der Waals surface area contributed by atoms with Gasteiger partial charge in [-0.15, -0.1) is 6.42 Å². The average Bonchev–Trinajstić information content (AvgIpc) is 2.18. The first kappa shape index (κ1) is 13.5. The maximum Gasteiger partial charge on any atom is 0.133 e. The van der Waals surface area contributed by atoms with E-state index in [1.54, 1.807) is 13.8 Å². The topological polar surface area (TPSA) is 43.2 Å². The molecule has 0 aromatic rings. The van der Waals surface area contributed by atoms with E-state index in [1.165, 1.54) is 7.11 Å². The summed E-state index contributed by atoms with van der Waals surface area (Å²) in [5.41, 5.74) is 1.04. The van der Waals surface area contributed by atoms with Crippen molar-refractivity contribution in [2.45, 2.75) is 27.7 Å². The molecule has 0 aliphatic carbocycles. The van der Waals surface area contributed by atoms with Gasteiger partial charge in [0.05, 0.1) is 5.41 Å². The van der Waals surface area contributed by atoms with Crippen molar-refractivity contribution in [3.8, 4) is 12.3 Å². The lowest BCUT2D eigenvalue weighted by atomic mass is 9.97. The first-order chi connectivity index (χ1) is 6.93. The molecule has 4 heteroatoms. The molecule has 84 valence electrons. The molecule has 0 saturated carbocycles. The van der Waals surface area contributed by atoms with Gasteiger partial charge >= 0.3 is 0 Å². The molecule has 0 amide bonds. The first-order valence-corrected chi connectivity index (χ1v) is 4.65. The van der Waals surface area contributed by atoms with Crippen LogP contribution < -0.4 is 0 Å². The van der Waals surface area contributed by atoms with Crippen LogP contribution in [0.2, 0.25) is 0 Å². The summed E-state index contributed by atoms with van der Waals surface area (Å²) in [6, 6.07) is 0. The Morgan fingerprint density at radius 3 is 2.27 bits per heavy atom. The van der Waals surface area contributed by atoms with Gasteiger partial charge in [0.15, 0.2) is 0 Å². The third kappa shape index (κ3) is 5.74. The standard InChI is InChI=1S/C11H18N2O2/c1-7-11(4,5)8-15-13-10(3)9(2)12-14-6/h1H,8H2,2-6H3/b12-9+,13-10+. The van der Waals surface area contributed by atoms with E-state index >= 15 is 0 Å². The smallest absolute Gasteiger partial charge is 0.133 e. The molecule has 0 heterocycles. The fourth-order valence-electron chi connectivity index (χ4n) is 0.601. The molecular weight excluding hydrogens is 192 g/mol. The van der Waals surface area contributed by atoms with Crippen LogP contribution in [-0.2, 0) is 9.68 Å². The van der Waals surface area contributed by atoms with Gasteiger partial charge in [-0.2, -0.15) is 0 Å². The molecule has 0 fully saturated rings. The normalized spacial score (nSPS) is 13.3. The molecule has 0 aliphatic heterocycles. The molecule has 0 N–H and O–H groups in total. The zero-order chi connectivity index (χ0) is 11.9. The Morgan fingerprint density at radius 1 is 1.27 bits per heavy atom. The summed E-state index contributed by atoms with van der Waals surface area (Å²) < 4.78 is 0. The van der Waals surface area contributed by atoms with E-state index in [9.17, 15) is 0 Å². The van der Waals surface area contributed by atoms with Gasteiger partial charge in [0.1, 0.15) is 25.1 Å². The summed E-state index contributed by atoms with van der Waals surface area (Å²) in [7, 11) is 1.49. The van der Waals surface area contributed by atoms with E-state index in [0.29, 0.717) is 18.0 Å². The fraction of sp³-hybridized carbons (Fsp3) is 0.636. The van der Waals surface area contributed by atoms with Crippen LogP contribution in [-0.4, -0.2) is 25.1 Å². The van der Waals surface area contributed by atoms with Gasteiger partial charge in [0.25, 0.3) is 0 Å². The van der Waals surface area contributed by atoms with Gasteiger partial charge in [-0.1, -0.05) is 16.2 Å². The summed E-state index contributed by atoms with van der Waals surface area (Å²) in [5.74, 6) is 2.62. The van der Waals surface area contributed by atoms with Gasteiger partial charge in [0.2, 0.25) is 0 Å². The molecule has 0 spiro atoms. The Balaban J connectivity index is 4.20. The molecule has 0 aromatic carbocycles.